The van der Waals surface area contributed by atoms with Crippen molar-refractivity contribution in [1.82, 2.24) is 4.57 Å². The Bertz CT molecular complexity index is 982. The van der Waals surface area contributed by atoms with E-state index in [1.54, 1.807) is 0 Å². The van der Waals surface area contributed by atoms with Crippen molar-refractivity contribution in [3.8, 4) is 0 Å². The minimum atomic E-state index is -2.49. The fourth-order valence-electron chi connectivity index (χ4n) is 7.22. The lowest BCUT2D eigenvalue weighted by Gasteiger charge is -2.52. The van der Waals surface area contributed by atoms with Gasteiger partial charge in [-0.25, -0.2) is 0 Å². The first kappa shape index (κ1) is 35.3. The van der Waals surface area contributed by atoms with E-state index >= 15 is 0 Å². The predicted molar refractivity (Wildman–Crippen MR) is 195 cm³/mol. The van der Waals surface area contributed by atoms with Crippen LogP contribution in [0, 0.1) is 0 Å². The molecule has 0 aliphatic carbocycles. The Balaban J connectivity index is 1.61. The van der Waals surface area contributed by atoms with Crippen molar-refractivity contribution >= 4 is 23.8 Å². The fraction of sp³-hybridized carbons (Fsp3) is 0.561. The first-order valence-electron chi connectivity index (χ1n) is 18.0. The molecule has 0 unspecified atom stereocenters. The third-order valence-electron chi connectivity index (χ3n) is 9.55. The monoisotopic (exact) mass is 597 g/mol. The zero-order valence-corrected chi connectivity index (χ0v) is 29.3. The van der Waals surface area contributed by atoms with Crippen LogP contribution in [0.1, 0.15) is 137 Å². The lowest BCUT2D eigenvalue weighted by atomic mass is 9.95. The van der Waals surface area contributed by atoms with Crippen LogP contribution in [0.5, 0.6) is 0 Å². The second kappa shape index (κ2) is 20.0. The quantitative estimate of drug-likeness (QED) is 0.0597. The summed E-state index contributed by atoms with van der Waals surface area (Å²) in [5, 5.41) is 4.47. The zero-order valence-electron chi connectivity index (χ0n) is 28.3. The molecule has 3 aromatic carbocycles. The highest BCUT2D eigenvalue weighted by Gasteiger charge is 2.49. The largest absolute Gasteiger partial charge is 0.308 e. The Hall–Kier alpha value is -2.16. The maximum atomic E-state index is 2.98. The molecule has 0 bridgehead atoms. The van der Waals surface area contributed by atoms with Gasteiger partial charge in [0.15, 0.2) is 0 Å². The van der Waals surface area contributed by atoms with Crippen LogP contribution in [-0.2, 0) is 0 Å². The van der Waals surface area contributed by atoms with E-state index in [-0.39, 0.29) is 5.54 Å². The van der Waals surface area contributed by atoms with Gasteiger partial charge in [0.1, 0.15) is 0 Å². The summed E-state index contributed by atoms with van der Waals surface area (Å²) in [5.74, 6) is 0. The summed E-state index contributed by atoms with van der Waals surface area (Å²) in [5.41, 5.74) is 0.0975. The summed E-state index contributed by atoms with van der Waals surface area (Å²) in [4.78, 5) is 0. The van der Waals surface area contributed by atoms with E-state index in [0.29, 0.717) is 0 Å². The lowest BCUT2D eigenvalue weighted by molar-refractivity contribution is 0.203. The smallest absolute Gasteiger partial charge is 0.225 e. The van der Waals surface area contributed by atoms with Crippen molar-refractivity contribution in [2.75, 3.05) is 6.54 Å². The standard InChI is InChI=1S/C41H63NSi/c1-5-7-8-9-10-11-12-13-14-15-16-17-18-19-29-36-41(3,4)42(37-6-2)43(38-30-23-20-24-31-38,39-32-25-21-26-33-39)40-34-27-22-28-35-40/h20-28,30-35H,5-19,29,36-37H2,1-4H3. The van der Waals surface area contributed by atoms with Crippen LogP contribution in [0.4, 0.5) is 0 Å². The van der Waals surface area contributed by atoms with Crippen molar-refractivity contribution < 1.29 is 0 Å². The van der Waals surface area contributed by atoms with E-state index in [4.69, 9.17) is 0 Å². The maximum absolute atomic E-state index is 2.98. The van der Waals surface area contributed by atoms with E-state index in [1.165, 1.54) is 118 Å². The van der Waals surface area contributed by atoms with Gasteiger partial charge in [-0.1, -0.05) is 201 Å². The van der Waals surface area contributed by atoms with Gasteiger partial charge >= 0.3 is 0 Å². The predicted octanol–water partition coefficient (Wildman–Crippen LogP) is 10.4. The third kappa shape index (κ3) is 10.8. The molecule has 2 heteroatoms. The molecule has 0 aliphatic heterocycles. The van der Waals surface area contributed by atoms with E-state index in [1.807, 2.05) is 0 Å². The molecule has 43 heavy (non-hydrogen) atoms. The highest BCUT2D eigenvalue weighted by atomic mass is 28.3. The van der Waals surface area contributed by atoms with Crippen molar-refractivity contribution in [2.45, 2.75) is 142 Å². The molecule has 0 amide bonds. The Morgan fingerprint density at radius 1 is 0.442 bits per heavy atom. The highest BCUT2D eigenvalue weighted by molar-refractivity contribution is 7.09. The average Bonchev–Trinajstić information content (AvgIpc) is 3.04. The number of unbranched alkanes of at least 4 members (excludes halogenated alkanes) is 14. The van der Waals surface area contributed by atoms with Gasteiger partial charge in [0.25, 0.3) is 0 Å². The van der Waals surface area contributed by atoms with Crippen LogP contribution in [-0.4, -0.2) is 24.9 Å². The third-order valence-corrected chi connectivity index (χ3v) is 14.7. The summed E-state index contributed by atoms with van der Waals surface area (Å²) in [6.45, 7) is 10.8. The Kier molecular flexibility index (Phi) is 16.4. The van der Waals surface area contributed by atoms with Crippen molar-refractivity contribution in [3.05, 3.63) is 91.0 Å². The van der Waals surface area contributed by atoms with Crippen molar-refractivity contribution in [2.24, 2.45) is 0 Å². The normalized spacial score (nSPS) is 12.2. The number of hydrogen-bond acceptors (Lipinski definition) is 1. The van der Waals surface area contributed by atoms with Gasteiger partial charge in [-0.05, 0) is 48.8 Å². The van der Waals surface area contributed by atoms with E-state index < -0.39 is 8.24 Å². The first-order valence-corrected chi connectivity index (χ1v) is 20.0. The summed E-state index contributed by atoms with van der Waals surface area (Å²) in [7, 11) is -2.49. The molecular weight excluding hydrogens is 535 g/mol. The minimum absolute atomic E-state index is 0.0975. The lowest BCUT2D eigenvalue weighted by Crippen LogP contribution is -2.80. The minimum Gasteiger partial charge on any atom is -0.308 e. The Morgan fingerprint density at radius 2 is 0.767 bits per heavy atom. The Labute approximate surface area is 267 Å². The van der Waals surface area contributed by atoms with Gasteiger partial charge in [0.2, 0.25) is 8.24 Å². The van der Waals surface area contributed by atoms with Crippen LogP contribution in [0.2, 0.25) is 0 Å². The van der Waals surface area contributed by atoms with Gasteiger partial charge in [-0.2, -0.15) is 0 Å². The second-order valence-corrected chi connectivity index (χ2v) is 17.2. The molecule has 0 saturated heterocycles. The van der Waals surface area contributed by atoms with Gasteiger partial charge in [0, 0.05) is 5.54 Å². The van der Waals surface area contributed by atoms with Crippen molar-refractivity contribution in [3.63, 3.8) is 0 Å². The number of rotatable bonds is 23. The summed E-state index contributed by atoms with van der Waals surface area (Å²) in [6.07, 6.45) is 23.7. The molecule has 0 spiro atoms. The fourth-order valence-corrected chi connectivity index (χ4v) is 12.8. The van der Waals surface area contributed by atoms with E-state index in [2.05, 4.69) is 123 Å². The van der Waals surface area contributed by atoms with Crippen LogP contribution < -0.4 is 15.6 Å². The van der Waals surface area contributed by atoms with Gasteiger partial charge in [-0.15, -0.1) is 0 Å². The van der Waals surface area contributed by atoms with Crippen molar-refractivity contribution in [1.29, 1.82) is 0 Å². The van der Waals surface area contributed by atoms with E-state index in [9.17, 15) is 0 Å². The Morgan fingerprint density at radius 3 is 1.09 bits per heavy atom. The molecule has 0 atom stereocenters. The number of hydrogen-bond donors (Lipinski definition) is 0. The number of nitrogens with zero attached hydrogens (tertiary/aromatic N) is 1. The van der Waals surface area contributed by atoms with Gasteiger partial charge in [-0.3, -0.25) is 0 Å². The molecular formula is C41H63NSi. The molecule has 236 valence electrons. The molecule has 0 saturated carbocycles. The van der Waals surface area contributed by atoms with Crippen LogP contribution in [0.3, 0.4) is 0 Å². The molecule has 0 aliphatic rings. The molecule has 0 radical (unpaired) electrons. The first-order chi connectivity index (χ1) is 21.1. The molecule has 0 N–H and O–H groups in total. The van der Waals surface area contributed by atoms with Gasteiger partial charge in [0.05, 0.1) is 0 Å². The molecule has 0 fully saturated rings. The second-order valence-electron chi connectivity index (χ2n) is 13.5. The van der Waals surface area contributed by atoms with Crippen LogP contribution in [0.15, 0.2) is 91.0 Å². The molecule has 3 aromatic rings. The van der Waals surface area contributed by atoms with E-state index in [0.717, 1.165) is 13.0 Å². The summed E-state index contributed by atoms with van der Waals surface area (Å²) >= 11 is 0. The topological polar surface area (TPSA) is 3.24 Å². The highest BCUT2D eigenvalue weighted by Crippen LogP contribution is 2.29. The SMILES string of the molecule is CCCCCCCCCCCCCCCCCC(C)(C)N(CCC)[Si](c1ccccc1)(c1ccccc1)c1ccccc1. The number of benzene rings is 3. The molecule has 3 rings (SSSR count). The molecule has 0 aromatic heterocycles. The van der Waals surface area contributed by atoms with Gasteiger partial charge < -0.3 is 4.57 Å². The van der Waals surface area contributed by atoms with Crippen LogP contribution in [0.25, 0.3) is 0 Å². The summed E-state index contributed by atoms with van der Waals surface area (Å²) in [6, 6.07) is 34.4. The average molecular weight is 598 g/mol. The summed E-state index contributed by atoms with van der Waals surface area (Å²) < 4.78 is 2.98. The maximum Gasteiger partial charge on any atom is 0.225 e. The zero-order chi connectivity index (χ0) is 30.6. The van der Waals surface area contributed by atoms with Crippen LogP contribution >= 0.6 is 0 Å². The molecule has 0 heterocycles. The molecule has 1 nitrogen and oxygen atoms in total.